The van der Waals surface area contributed by atoms with Crippen molar-refractivity contribution < 1.29 is 4.79 Å². The summed E-state index contributed by atoms with van der Waals surface area (Å²) in [6.07, 6.45) is 1.76. The van der Waals surface area contributed by atoms with Crippen LogP contribution in [0.1, 0.15) is 16.3 Å². The lowest BCUT2D eigenvalue weighted by Crippen LogP contribution is -2.59. The normalized spacial score (nSPS) is 15.4. The predicted molar refractivity (Wildman–Crippen MR) is 71.3 cm³/mol. The van der Waals surface area contributed by atoms with E-state index in [2.05, 4.69) is 24.7 Å². The highest BCUT2D eigenvalue weighted by molar-refractivity contribution is 7.09. The van der Waals surface area contributed by atoms with Gasteiger partial charge >= 0.3 is 0 Å². The first kappa shape index (κ1) is 12.1. The zero-order valence-electron chi connectivity index (χ0n) is 10.7. The zero-order chi connectivity index (χ0) is 13.4. The molecule has 0 radical (unpaired) electrons. The Morgan fingerprint density at radius 2 is 2.32 bits per heavy atom. The van der Waals surface area contributed by atoms with Crippen molar-refractivity contribution in [3.05, 3.63) is 23.8 Å². The van der Waals surface area contributed by atoms with Crippen molar-refractivity contribution in [2.45, 2.75) is 13.0 Å². The first-order chi connectivity index (χ1) is 9.11. The summed E-state index contributed by atoms with van der Waals surface area (Å²) in [6, 6.07) is 1.86. The maximum atomic E-state index is 11.9. The standard InChI is InChI=1S/C11H14N6OS/c1-7-12-11(19-15-7)17-5-8(6-17)13-10(18)9-3-4-16(2)14-9/h3-4,8H,5-6H2,1-2H3,(H,13,18). The van der Waals surface area contributed by atoms with E-state index >= 15 is 0 Å². The molecular weight excluding hydrogens is 264 g/mol. The molecule has 1 N–H and O–H groups in total. The number of carbonyl (C=O) groups is 1. The lowest BCUT2D eigenvalue weighted by molar-refractivity contribution is 0.0924. The van der Waals surface area contributed by atoms with Crippen LogP contribution in [0.15, 0.2) is 12.3 Å². The van der Waals surface area contributed by atoms with Crippen LogP contribution in [0.3, 0.4) is 0 Å². The van der Waals surface area contributed by atoms with E-state index in [1.54, 1.807) is 24.0 Å². The SMILES string of the molecule is Cc1nsc(N2CC(NC(=O)c3ccn(C)n3)C2)n1. The molecule has 0 aliphatic carbocycles. The number of hydrogen-bond donors (Lipinski definition) is 1. The van der Waals surface area contributed by atoms with Crippen LogP contribution >= 0.6 is 11.5 Å². The van der Waals surface area contributed by atoms with Crippen LogP contribution < -0.4 is 10.2 Å². The summed E-state index contributed by atoms with van der Waals surface area (Å²) in [4.78, 5) is 18.3. The number of nitrogens with one attached hydrogen (secondary N) is 1. The number of carbonyl (C=O) groups excluding carboxylic acids is 1. The maximum Gasteiger partial charge on any atom is 0.272 e. The molecular formula is C11H14N6OS. The highest BCUT2D eigenvalue weighted by Crippen LogP contribution is 2.22. The van der Waals surface area contributed by atoms with Gasteiger partial charge in [-0.2, -0.15) is 9.47 Å². The molecule has 3 rings (SSSR count). The van der Waals surface area contributed by atoms with E-state index in [1.807, 2.05) is 6.92 Å². The third-order valence-corrected chi connectivity index (χ3v) is 3.82. The Labute approximate surface area is 114 Å². The van der Waals surface area contributed by atoms with Crippen LogP contribution in [0.2, 0.25) is 0 Å². The topological polar surface area (TPSA) is 75.9 Å². The van der Waals surface area contributed by atoms with Crippen molar-refractivity contribution in [2.75, 3.05) is 18.0 Å². The van der Waals surface area contributed by atoms with Gasteiger partial charge in [-0.1, -0.05) is 0 Å². The smallest absolute Gasteiger partial charge is 0.272 e. The van der Waals surface area contributed by atoms with E-state index in [9.17, 15) is 4.79 Å². The summed E-state index contributed by atoms with van der Waals surface area (Å²) in [5.41, 5.74) is 0.452. The largest absolute Gasteiger partial charge is 0.344 e. The molecule has 0 atom stereocenters. The van der Waals surface area contributed by atoms with Crippen molar-refractivity contribution in [3.8, 4) is 0 Å². The molecule has 1 aliphatic heterocycles. The molecule has 0 aromatic carbocycles. The molecule has 0 bridgehead atoms. The predicted octanol–water partition coefficient (Wildman–Crippen LogP) is 0.199. The molecule has 1 aliphatic rings. The zero-order valence-corrected chi connectivity index (χ0v) is 11.5. The Hall–Kier alpha value is -1.96. The molecule has 1 saturated heterocycles. The minimum atomic E-state index is -0.126. The Morgan fingerprint density at radius 1 is 1.53 bits per heavy atom. The van der Waals surface area contributed by atoms with Gasteiger partial charge < -0.3 is 10.2 Å². The fraction of sp³-hybridized carbons (Fsp3) is 0.455. The Kier molecular flexibility index (Phi) is 2.94. The molecule has 1 amide bonds. The summed E-state index contributed by atoms with van der Waals surface area (Å²) in [5.74, 6) is 0.666. The molecule has 19 heavy (non-hydrogen) atoms. The minimum absolute atomic E-state index is 0.126. The van der Waals surface area contributed by atoms with Gasteiger partial charge in [-0.3, -0.25) is 9.48 Å². The minimum Gasteiger partial charge on any atom is -0.344 e. The van der Waals surface area contributed by atoms with Crippen molar-refractivity contribution in [1.29, 1.82) is 0 Å². The van der Waals surface area contributed by atoms with Gasteiger partial charge in [0.15, 0.2) is 0 Å². The fourth-order valence-electron chi connectivity index (χ4n) is 1.94. The summed E-state index contributed by atoms with van der Waals surface area (Å²) >= 11 is 1.39. The highest BCUT2D eigenvalue weighted by atomic mass is 32.1. The van der Waals surface area contributed by atoms with Gasteiger partial charge in [0.1, 0.15) is 11.5 Å². The summed E-state index contributed by atoms with van der Waals surface area (Å²) in [7, 11) is 1.79. The van der Waals surface area contributed by atoms with Crippen LogP contribution in [0.25, 0.3) is 0 Å². The lowest BCUT2D eigenvalue weighted by Gasteiger charge is -2.38. The quantitative estimate of drug-likeness (QED) is 0.868. The second kappa shape index (κ2) is 4.61. The van der Waals surface area contributed by atoms with E-state index in [0.29, 0.717) is 5.69 Å². The molecule has 1 fully saturated rings. The number of amides is 1. The van der Waals surface area contributed by atoms with Crippen LogP contribution in [0, 0.1) is 6.92 Å². The van der Waals surface area contributed by atoms with Crippen molar-refractivity contribution >= 4 is 22.6 Å². The molecule has 100 valence electrons. The molecule has 2 aromatic rings. The summed E-state index contributed by atoms with van der Waals surface area (Å²) < 4.78 is 5.76. The van der Waals surface area contributed by atoms with Crippen LogP contribution in [-0.4, -0.2) is 44.2 Å². The Balaban J connectivity index is 1.53. The lowest BCUT2D eigenvalue weighted by atomic mass is 10.1. The fourth-order valence-corrected chi connectivity index (χ4v) is 2.63. The summed E-state index contributed by atoms with van der Waals surface area (Å²) in [6.45, 7) is 3.42. The van der Waals surface area contributed by atoms with Gasteiger partial charge in [0.05, 0.1) is 6.04 Å². The van der Waals surface area contributed by atoms with Crippen LogP contribution in [0.5, 0.6) is 0 Å². The molecule has 2 aromatic heterocycles. The van der Waals surface area contributed by atoms with Gasteiger partial charge in [-0.15, -0.1) is 0 Å². The molecule has 3 heterocycles. The van der Waals surface area contributed by atoms with Crippen molar-refractivity contribution in [1.82, 2.24) is 24.5 Å². The second-order valence-corrected chi connectivity index (χ2v) is 5.30. The maximum absolute atomic E-state index is 11.9. The average Bonchev–Trinajstić information content (AvgIpc) is 2.92. The Morgan fingerprint density at radius 3 is 2.89 bits per heavy atom. The van der Waals surface area contributed by atoms with E-state index < -0.39 is 0 Å². The second-order valence-electron chi connectivity index (χ2n) is 4.57. The molecule has 0 unspecified atom stereocenters. The van der Waals surface area contributed by atoms with E-state index in [0.717, 1.165) is 24.0 Å². The number of aromatic nitrogens is 4. The number of rotatable bonds is 3. The molecule has 0 saturated carbocycles. The average molecular weight is 278 g/mol. The van der Waals surface area contributed by atoms with Gasteiger partial charge in [0.25, 0.3) is 5.91 Å². The van der Waals surface area contributed by atoms with E-state index in [-0.39, 0.29) is 11.9 Å². The number of aryl methyl sites for hydroxylation is 2. The van der Waals surface area contributed by atoms with Crippen LogP contribution in [-0.2, 0) is 7.05 Å². The van der Waals surface area contributed by atoms with Gasteiger partial charge in [-0.05, 0) is 13.0 Å². The van der Waals surface area contributed by atoms with Gasteiger partial charge in [0, 0.05) is 37.9 Å². The monoisotopic (exact) mass is 278 g/mol. The van der Waals surface area contributed by atoms with Gasteiger partial charge in [-0.25, -0.2) is 4.98 Å². The third kappa shape index (κ3) is 2.43. The first-order valence-electron chi connectivity index (χ1n) is 5.97. The molecule has 7 nitrogen and oxygen atoms in total. The van der Waals surface area contributed by atoms with E-state index in [1.165, 1.54) is 11.5 Å². The van der Waals surface area contributed by atoms with E-state index in [4.69, 9.17) is 0 Å². The Bertz CT molecular complexity index is 600. The third-order valence-electron chi connectivity index (χ3n) is 2.95. The van der Waals surface area contributed by atoms with Crippen LogP contribution in [0.4, 0.5) is 5.13 Å². The molecule has 8 heteroatoms. The summed E-state index contributed by atoms with van der Waals surface area (Å²) in [5, 5.41) is 7.94. The van der Waals surface area contributed by atoms with Gasteiger partial charge in [0.2, 0.25) is 5.13 Å². The number of nitrogens with zero attached hydrogens (tertiary/aromatic N) is 5. The first-order valence-corrected chi connectivity index (χ1v) is 6.75. The molecule has 0 spiro atoms. The number of anilines is 1. The van der Waals surface area contributed by atoms with Crippen molar-refractivity contribution in [2.24, 2.45) is 7.05 Å². The highest BCUT2D eigenvalue weighted by Gasteiger charge is 2.30. The number of hydrogen-bond acceptors (Lipinski definition) is 6. The van der Waals surface area contributed by atoms with Crippen molar-refractivity contribution in [3.63, 3.8) is 0 Å².